The topological polar surface area (TPSA) is 48.1 Å². The quantitative estimate of drug-likeness (QED) is 0.736. The van der Waals surface area contributed by atoms with E-state index >= 15 is 0 Å². The lowest BCUT2D eigenvalue weighted by atomic mass is 10.1. The minimum atomic E-state index is 0.693. The van der Waals surface area contributed by atoms with E-state index in [2.05, 4.69) is 17.1 Å². The maximum Gasteiger partial charge on any atom is 0.128 e. The maximum atomic E-state index is 5.77. The van der Waals surface area contributed by atoms with Gasteiger partial charge in [0.25, 0.3) is 0 Å². The lowest BCUT2D eigenvalue weighted by Gasteiger charge is -2.06. The first-order valence-electron chi connectivity index (χ1n) is 6.73. The highest BCUT2D eigenvalue weighted by molar-refractivity contribution is 5.90. The Hall–Kier alpha value is -2.81. The molecule has 0 unspecified atom stereocenters. The van der Waals surface area contributed by atoms with E-state index in [-0.39, 0.29) is 0 Å². The molecular formula is C18H16N2O. The summed E-state index contributed by atoms with van der Waals surface area (Å²) in [6.45, 7) is 0. The van der Waals surface area contributed by atoms with E-state index in [9.17, 15) is 0 Å². The van der Waals surface area contributed by atoms with Crippen molar-refractivity contribution < 1.29 is 4.74 Å². The molecule has 3 aromatic rings. The SMILES string of the molecule is COc1cc(N)ccc1/C=C/c1ccnc2ccccc12. The second kappa shape index (κ2) is 5.67. The summed E-state index contributed by atoms with van der Waals surface area (Å²) < 4.78 is 5.36. The minimum absolute atomic E-state index is 0.693. The van der Waals surface area contributed by atoms with Gasteiger partial charge in [0.05, 0.1) is 12.6 Å². The van der Waals surface area contributed by atoms with Crippen LogP contribution in [0, 0.1) is 0 Å². The predicted molar refractivity (Wildman–Crippen MR) is 88.1 cm³/mol. The van der Waals surface area contributed by atoms with Gasteiger partial charge in [-0.3, -0.25) is 4.98 Å². The monoisotopic (exact) mass is 276 g/mol. The molecule has 0 radical (unpaired) electrons. The number of pyridine rings is 1. The molecule has 0 saturated carbocycles. The molecule has 0 spiro atoms. The zero-order chi connectivity index (χ0) is 14.7. The van der Waals surface area contributed by atoms with Gasteiger partial charge in [-0.1, -0.05) is 30.4 Å². The van der Waals surface area contributed by atoms with Crippen LogP contribution in [-0.2, 0) is 0 Å². The number of hydrogen-bond donors (Lipinski definition) is 1. The van der Waals surface area contributed by atoms with Crippen LogP contribution in [-0.4, -0.2) is 12.1 Å². The number of methoxy groups -OCH3 is 1. The lowest BCUT2D eigenvalue weighted by Crippen LogP contribution is -1.90. The number of nitrogens with two attached hydrogens (primary N) is 1. The first kappa shape index (κ1) is 13.2. The van der Waals surface area contributed by atoms with Gasteiger partial charge in [0, 0.05) is 28.9 Å². The molecule has 0 aliphatic heterocycles. The summed E-state index contributed by atoms with van der Waals surface area (Å²) >= 11 is 0. The van der Waals surface area contributed by atoms with Gasteiger partial charge in [-0.2, -0.15) is 0 Å². The Morgan fingerprint density at radius 2 is 1.81 bits per heavy atom. The Balaban J connectivity index is 2.02. The zero-order valence-electron chi connectivity index (χ0n) is 11.8. The van der Waals surface area contributed by atoms with E-state index < -0.39 is 0 Å². The predicted octanol–water partition coefficient (Wildman–Crippen LogP) is 4.00. The zero-order valence-corrected chi connectivity index (χ0v) is 11.8. The van der Waals surface area contributed by atoms with Gasteiger partial charge in [0.1, 0.15) is 5.75 Å². The van der Waals surface area contributed by atoms with Gasteiger partial charge in [-0.05, 0) is 29.8 Å². The third-order valence-electron chi connectivity index (χ3n) is 3.38. The van der Waals surface area contributed by atoms with E-state index in [1.807, 2.05) is 54.7 Å². The van der Waals surface area contributed by atoms with E-state index in [4.69, 9.17) is 10.5 Å². The standard InChI is InChI=1S/C18H16N2O/c1-21-18-12-15(19)9-8-14(18)7-6-13-10-11-20-17-5-3-2-4-16(13)17/h2-12H,19H2,1H3/b7-6+. The molecule has 1 heterocycles. The second-order valence-corrected chi connectivity index (χ2v) is 4.75. The summed E-state index contributed by atoms with van der Waals surface area (Å²) in [7, 11) is 1.65. The highest BCUT2D eigenvalue weighted by Gasteiger charge is 2.01. The molecule has 0 aliphatic rings. The molecule has 2 N–H and O–H groups in total. The Kier molecular flexibility index (Phi) is 3.56. The van der Waals surface area contributed by atoms with Gasteiger partial charge in [0.2, 0.25) is 0 Å². The molecule has 0 aliphatic carbocycles. The fraction of sp³-hybridized carbons (Fsp3) is 0.0556. The van der Waals surface area contributed by atoms with Crippen LogP contribution in [0.25, 0.3) is 23.1 Å². The normalized spacial score (nSPS) is 11.1. The molecular weight excluding hydrogens is 260 g/mol. The van der Waals surface area contributed by atoms with Crippen LogP contribution >= 0.6 is 0 Å². The average Bonchev–Trinajstić information content (AvgIpc) is 2.53. The molecule has 0 atom stereocenters. The van der Waals surface area contributed by atoms with Crippen molar-refractivity contribution in [1.82, 2.24) is 4.98 Å². The van der Waals surface area contributed by atoms with Crippen LogP contribution in [0.3, 0.4) is 0 Å². The minimum Gasteiger partial charge on any atom is -0.496 e. The Labute approximate surface area is 123 Å². The number of para-hydroxylation sites is 1. The Bertz CT molecular complexity index is 804. The van der Waals surface area contributed by atoms with Crippen molar-refractivity contribution in [2.45, 2.75) is 0 Å². The lowest BCUT2D eigenvalue weighted by molar-refractivity contribution is 0.414. The van der Waals surface area contributed by atoms with Crippen LogP contribution in [0.2, 0.25) is 0 Å². The number of nitrogen functional groups attached to an aromatic ring is 1. The molecule has 21 heavy (non-hydrogen) atoms. The third kappa shape index (κ3) is 2.72. The van der Waals surface area contributed by atoms with Crippen molar-refractivity contribution in [2.24, 2.45) is 0 Å². The van der Waals surface area contributed by atoms with Crippen molar-refractivity contribution in [3.63, 3.8) is 0 Å². The molecule has 3 heteroatoms. The molecule has 2 aromatic carbocycles. The molecule has 0 fully saturated rings. The fourth-order valence-electron chi connectivity index (χ4n) is 2.31. The van der Waals surface area contributed by atoms with E-state index in [0.717, 1.165) is 27.8 Å². The number of hydrogen-bond acceptors (Lipinski definition) is 3. The van der Waals surface area contributed by atoms with Crippen molar-refractivity contribution in [1.29, 1.82) is 0 Å². The van der Waals surface area contributed by atoms with E-state index in [0.29, 0.717) is 5.69 Å². The number of rotatable bonds is 3. The van der Waals surface area contributed by atoms with Crippen LogP contribution in [0.1, 0.15) is 11.1 Å². The first-order valence-corrected chi connectivity index (χ1v) is 6.73. The Morgan fingerprint density at radius 3 is 2.67 bits per heavy atom. The van der Waals surface area contributed by atoms with Crippen molar-refractivity contribution in [2.75, 3.05) is 12.8 Å². The van der Waals surface area contributed by atoms with Crippen LogP contribution in [0.5, 0.6) is 5.75 Å². The van der Waals surface area contributed by atoms with Gasteiger partial charge in [-0.15, -0.1) is 0 Å². The van der Waals surface area contributed by atoms with Crippen LogP contribution < -0.4 is 10.5 Å². The number of aromatic nitrogens is 1. The summed E-state index contributed by atoms with van der Waals surface area (Å²) in [5, 5.41) is 1.13. The van der Waals surface area contributed by atoms with Gasteiger partial charge in [-0.25, -0.2) is 0 Å². The van der Waals surface area contributed by atoms with Crippen molar-refractivity contribution >= 4 is 28.7 Å². The van der Waals surface area contributed by atoms with Crippen molar-refractivity contribution in [3.8, 4) is 5.75 Å². The second-order valence-electron chi connectivity index (χ2n) is 4.75. The molecule has 0 bridgehead atoms. The van der Waals surface area contributed by atoms with Crippen LogP contribution in [0.15, 0.2) is 54.7 Å². The van der Waals surface area contributed by atoms with Gasteiger partial charge >= 0.3 is 0 Å². The smallest absolute Gasteiger partial charge is 0.128 e. The van der Waals surface area contributed by atoms with E-state index in [1.54, 1.807) is 7.11 Å². The number of anilines is 1. The molecule has 0 saturated heterocycles. The van der Waals surface area contributed by atoms with E-state index in [1.165, 1.54) is 0 Å². The van der Waals surface area contributed by atoms with Gasteiger partial charge in [0.15, 0.2) is 0 Å². The first-order chi connectivity index (χ1) is 10.3. The number of nitrogens with zero attached hydrogens (tertiary/aromatic N) is 1. The van der Waals surface area contributed by atoms with Gasteiger partial charge < -0.3 is 10.5 Å². The average molecular weight is 276 g/mol. The third-order valence-corrected chi connectivity index (χ3v) is 3.38. The number of ether oxygens (including phenoxy) is 1. The summed E-state index contributed by atoms with van der Waals surface area (Å²) in [4.78, 5) is 4.37. The molecule has 1 aromatic heterocycles. The number of fused-ring (bicyclic) bond motifs is 1. The number of benzene rings is 2. The molecule has 104 valence electrons. The highest BCUT2D eigenvalue weighted by atomic mass is 16.5. The summed E-state index contributed by atoms with van der Waals surface area (Å²) in [5.41, 5.74) is 9.57. The largest absolute Gasteiger partial charge is 0.496 e. The fourth-order valence-corrected chi connectivity index (χ4v) is 2.31. The highest BCUT2D eigenvalue weighted by Crippen LogP contribution is 2.25. The van der Waals surface area contributed by atoms with Crippen LogP contribution in [0.4, 0.5) is 5.69 Å². The maximum absolute atomic E-state index is 5.77. The summed E-state index contributed by atoms with van der Waals surface area (Å²) in [6, 6.07) is 15.7. The summed E-state index contributed by atoms with van der Waals surface area (Å²) in [6.07, 6.45) is 5.92. The molecule has 0 amide bonds. The van der Waals surface area contributed by atoms with Crippen molar-refractivity contribution in [3.05, 3.63) is 65.9 Å². The molecule has 3 nitrogen and oxygen atoms in total. The Morgan fingerprint density at radius 1 is 1.00 bits per heavy atom. The summed E-state index contributed by atoms with van der Waals surface area (Å²) in [5.74, 6) is 0.768. The molecule has 3 rings (SSSR count).